The molecule has 1 rings (SSSR count). The van der Waals surface area contributed by atoms with Crippen LogP contribution in [0, 0.1) is 5.92 Å². The molecule has 0 amide bonds. The maximum Gasteiger partial charge on any atom is 0.0443 e. The van der Waals surface area contributed by atoms with Crippen LogP contribution in [0.1, 0.15) is 33.1 Å². The van der Waals surface area contributed by atoms with Crippen LogP contribution in [0.4, 0.5) is 0 Å². The van der Waals surface area contributed by atoms with Crippen LogP contribution in [0.15, 0.2) is 0 Å². The summed E-state index contributed by atoms with van der Waals surface area (Å²) in [6.45, 7) is 9.84. The van der Waals surface area contributed by atoms with Crippen molar-refractivity contribution in [3.63, 3.8) is 0 Å². The zero-order valence-electron chi connectivity index (χ0n) is 11.4. The predicted octanol–water partition coefficient (Wildman–Crippen LogP) is 0.408. The van der Waals surface area contributed by atoms with Gasteiger partial charge in [0.2, 0.25) is 0 Å². The van der Waals surface area contributed by atoms with E-state index in [2.05, 4.69) is 24.1 Å². The van der Waals surface area contributed by atoms with E-state index in [1.54, 1.807) is 0 Å². The van der Waals surface area contributed by atoms with Crippen LogP contribution >= 0.6 is 0 Å². The van der Waals surface area contributed by atoms with E-state index in [0.717, 1.165) is 44.8 Å². The standard InChI is InChI=1S/C13H29N3O/c1-12(2)10-16-7-4-13(11-14,5-8-16)15-6-3-9-17/h12,15,17H,3-11,14H2,1-2H3. The van der Waals surface area contributed by atoms with Crippen LogP contribution in [0.25, 0.3) is 0 Å². The van der Waals surface area contributed by atoms with Crippen molar-refractivity contribution in [2.24, 2.45) is 11.7 Å². The summed E-state index contributed by atoms with van der Waals surface area (Å²) in [5.41, 5.74) is 6.04. The van der Waals surface area contributed by atoms with Crippen molar-refractivity contribution in [2.45, 2.75) is 38.6 Å². The van der Waals surface area contributed by atoms with Crippen molar-refractivity contribution in [3.05, 3.63) is 0 Å². The van der Waals surface area contributed by atoms with Crippen molar-refractivity contribution >= 4 is 0 Å². The van der Waals surface area contributed by atoms with Crippen LogP contribution in [0.3, 0.4) is 0 Å². The topological polar surface area (TPSA) is 61.5 Å². The molecular formula is C13H29N3O. The Morgan fingerprint density at radius 2 is 2.00 bits per heavy atom. The first-order valence-electron chi connectivity index (χ1n) is 6.90. The van der Waals surface area contributed by atoms with Gasteiger partial charge in [-0.1, -0.05) is 13.8 Å². The molecule has 0 atom stereocenters. The smallest absolute Gasteiger partial charge is 0.0443 e. The second-order valence-electron chi connectivity index (χ2n) is 5.68. The third-order valence-electron chi connectivity index (χ3n) is 3.66. The summed E-state index contributed by atoms with van der Waals surface area (Å²) in [7, 11) is 0. The van der Waals surface area contributed by atoms with Crippen LogP contribution in [0.5, 0.6) is 0 Å². The van der Waals surface area contributed by atoms with Gasteiger partial charge in [-0.05, 0) is 44.8 Å². The second kappa shape index (κ2) is 7.31. The highest BCUT2D eigenvalue weighted by molar-refractivity contribution is 4.94. The van der Waals surface area contributed by atoms with Gasteiger partial charge < -0.3 is 21.1 Å². The zero-order chi connectivity index (χ0) is 12.7. The Labute approximate surface area is 106 Å². The van der Waals surface area contributed by atoms with Gasteiger partial charge in [0, 0.05) is 25.2 Å². The molecule has 0 saturated carbocycles. The molecule has 0 aromatic rings. The summed E-state index contributed by atoms with van der Waals surface area (Å²) in [5, 5.41) is 12.4. The second-order valence-corrected chi connectivity index (χ2v) is 5.68. The van der Waals surface area contributed by atoms with Crippen molar-refractivity contribution < 1.29 is 5.11 Å². The molecule has 0 aromatic heterocycles. The van der Waals surface area contributed by atoms with E-state index >= 15 is 0 Å². The first kappa shape index (κ1) is 14.9. The Morgan fingerprint density at radius 1 is 1.35 bits per heavy atom. The number of likely N-dealkylation sites (tertiary alicyclic amines) is 1. The lowest BCUT2D eigenvalue weighted by Gasteiger charge is -2.42. The maximum absolute atomic E-state index is 8.81. The zero-order valence-corrected chi connectivity index (χ0v) is 11.4. The van der Waals surface area contributed by atoms with Crippen LogP contribution in [-0.2, 0) is 0 Å². The first-order chi connectivity index (χ1) is 8.12. The number of piperidine rings is 1. The van der Waals surface area contributed by atoms with Gasteiger partial charge in [-0.25, -0.2) is 0 Å². The van der Waals surface area contributed by atoms with Gasteiger partial charge in [0.15, 0.2) is 0 Å². The molecule has 4 nitrogen and oxygen atoms in total. The van der Waals surface area contributed by atoms with Crippen LogP contribution in [-0.4, -0.2) is 54.9 Å². The fourth-order valence-electron chi connectivity index (χ4n) is 2.57. The van der Waals surface area contributed by atoms with Crippen molar-refractivity contribution in [1.82, 2.24) is 10.2 Å². The van der Waals surface area contributed by atoms with Gasteiger partial charge in [0.05, 0.1) is 0 Å². The third-order valence-corrected chi connectivity index (χ3v) is 3.66. The van der Waals surface area contributed by atoms with Crippen LogP contribution in [0.2, 0.25) is 0 Å². The Bertz CT molecular complexity index is 201. The highest BCUT2D eigenvalue weighted by Crippen LogP contribution is 2.21. The number of nitrogens with one attached hydrogen (secondary N) is 1. The van der Waals surface area contributed by atoms with E-state index in [4.69, 9.17) is 10.8 Å². The molecule has 1 fully saturated rings. The molecule has 102 valence electrons. The molecule has 0 aromatic carbocycles. The summed E-state index contributed by atoms with van der Waals surface area (Å²) in [6, 6.07) is 0. The van der Waals surface area contributed by atoms with Crippen molar-refractivity contribution in [2.75, 3.05) is 39.3 Å². The number of nitrogens with two attached hydrogens (primary N) is 1. The van der Waals surface area contributed by atoms with E-state index in [1.165, 1.54) is 6.54 Å². The normalized spacial score (nSPS) is 21.0. The summed E-state index contributed by atoms with van der Waals surface area (Å²) in [5.74, 6) is 0.739. The minimum absolute atomic E-state index is 0.114. The average Bonchev–Trinajstić information content (AvgIpc) is 2.31. The lowest BCUT2D eigenvalue weighted by molar-refractivity contribution is 0.126. The van der Waals surface area contributed by atoms with Crippen LogP contribution < -0.4 is 11.1 Å². The summed E-state index contributed by atoms with van der Waals surface area (Å²) in [6.07, 6.45) is 3.07. The van der Waals surface area contributed by atoms with Gasteiger partial charge in [-0.3, -0.25) is 0 Å². The Morgan fingerprint density at radius 3 is 2.47 bits per heavy atom. The molecule has 1 aliphatic rings. The minimum atomic E-state index is 0.114. The quantitative estimate of drug-likeness (QED) is 0.567. The van der Waals surface area contributed by atoms with Gasteiger partial charge in [-0.15, -0.1) is 0 Å². The molecule has 0 aliphatic carbocycles. The Kier molecular flexibility index (Phi) is 6.41. The Hall–Kier alpha value is -0.160. The molecule has 0 radical (unpaired) electrons. The summed E-state index contributed by atoms with van der Waals surface area (Å²) in [4.78, 5) is 2.53. The largest absolute Gasteiger partial charge is 0.396 e. The maximum atomic E-state index is 8.81. The van der Waals surface area contributed by atoms with E-state index in [1.807, 2.05) is 0 Å². The van der Waals surface area contributed by atoms with Crippen molar-refractivity contribution in [1.29, 1.82) is 0 Å². The van der Waals surface area contributed by atoms with Crippen molar-refractivity contribution in [3.8, 4) is 0 Å². The molecule has 4 N–H and O–H groups in total. The molecule has 0 spiro atoms. The lowest BCUT2D eigenvalue weighted by Crippen LogP contribution is -2.58. The number of hydrogen-bond donors (Lipinski definition) is 3. The first-order valence-corrected chi connectivity index (χ1v) is 6.90. The molecule has 0 unspecified atom stereocenters. The number of nitrogens with zero attached hydrogens (tertiary/aromatic N) is 1. The summed E-state index contributed by atoms with van der Waals surface area (Å²) < 4.78 is 0. The van der Waals surface area contributed by atoms with E-state index in [9.17, 15) is 0 Å². The van der Waals surface area contributed by atoms with Gasteiger partial charge in [-0.2, -0.15) is 0 Å². The molecule has 0 bridgehead atoms. The average molecular weight is 243 g/mol. The van der Waals surface area contributed by atoms with Gasteiger partial charge >= 0.3 is 0 Å². The number of hydrogen-bond acceptors (Lipinski definition) is 4. The van der Waals surface area contributed by atoms with Gasteiger partial charge in [0.1, 0.15) is 0 Å². The van der Waals surface area contributed by atoms with Gasteiger partial charge in [0.25, 0.3) is 0 Å². The molecule has 1 aliphatic heterocycles. The predicted molar refractivity (Wildman–Crippen MR) is 72.0 cm³/mol. The Balaban J connectivity index is 2.34. The van der Waals surface area contributed by atoms with E-state index in [0.29, 0.717) is 6.54 Å². The molecule has 1 saturated heterocycles. The lowest BCUT2D eigenvalue weighted by atomic mass is 9.87. The molecule has 17 heavy (non-hydrogen) atoms. The number of aliphatic hydroxyl groups is 1. The number of rotatable bonds is 7. The highest BCUT2D eigenvalue weighted by atomic mass is 16.3. The molecular weight excluding hydrogens is 214 g/mol. The fourth-order valence-corrected chi connectivity index (χ4v) is 2.57. The monoisotopic (exact) mass is 243 g/mol. The molecule has 4 heteroatoms. The highest BCUT2D eigenvalue weighted by Gasteiger charge is 2.32. The van der Waals surface area contributed by atoms with E-state index in [-0.39, 0.29) is 12.1 Å². The third kappa shape index (κ3) is 4.92. The minimum Gasteiger partial charge on any atom is -0.396 e. The summed E-state index contributed by atoms with van der Waals surface area (Å²) >= 11 is 0. The molecule has 1 heterocycles. The number of aliphatic hydroxyl groups excluding tert-OH is 1. The van der Waals surface area contributed by atoms with E-state index < -0.39 is 0 Å². The SMILES string of the molecule is CC(C)CN1CCC(CN)(NCCCO)CC1. The fraction of sp³-hybridized carbons (Fsp3) is 1.00.